The minimum atomic E-state index is -4.67. The summed E-state index contributed by atoms with van der Waals surface area (Å²) < 4.78 is 98.0. The molecule has 13 nitrogen and oxygen atoms in total. The summed E-state index contributed by atoms with van der Waals surface area (Å²) in [4.78, 5) is 24.5. The number of anilines is 1. The Morgan fingerprint density at radius 3 is 1.85 bits per heavy atom. The van der Waals surface area contributed by atoms with Gasteiger partial charge in [-0.1, -0.05) is 6.07 Å². The molecule has 0 spiro atoms. The van der Waals surface area contributed by atoms with Gasteiger partial charge in [-0.15, -0.1) is 0 Å². The fourth-order valence-electron chi connectivity index (χ4n) is 4.26. The number of fused-ring (bicyclic) bond motifs is 2. The smallest absolute Gasteiger partial charge is 0.433 e. The van der Waals surface area contributed by atoms with Gasteiger partial charge in [-0.2, -0.15) is 13.2 Å². The van der Waals surface area contributed by atoms with E-state index in [2.05, 4.69) is 36.2 Å². The van der Waals surface area contributed by atoms with Crippen molar-refractivity contribution >= 4 is 58.5 Å². The van der Waals surface area contributed by atoms with Crippen molar-refractivity contribution in [2.24, 2.45) is 0 Å². The van der Waals surface area contributed by atoms with Crippen LogP contribution in [0, 0.1) is 0 Å². The number of nitrogens with one attached hydrogen (secondary N) is 1. The number of pyridine rings is 3. The number of carbonyl (C=O) groups is 1. The van der Waals surface area contributed by atoms with Gasteiger partial charge in [0.05, 0.1) is 41.6 Å². The van der Waals surface area contributed by atoms with Crippen LogP contribution in [0.25, 0.3) is 11.3 Å². The standard InChI is InChI=1S/C18H17F3N4O4S.C11H13BrN2O3S/c1-29-14-8-16-22-11(6-7-30(2,27)28)9-25(16)10-13(14)24-17(26)12-4-3-5-15(23-12)18(19,20)21;1-17-10-5-11-13-8(3-4-18(2,15)16)6-14(11)7-9(10)12/h3-5,8-10H,6-7H2,1-2H3,(H,24,26);5-7H,3-4H2,1-2H3. The van der Waals surface area contributed by atoms with Crippen LogP contribution in [0.1, 0.15) is 27.6 Å². The number of aromatic nitrogens is 5. The van der Waals surface area contributed by atoms with E-state index in [1.54, 1.807) is 23.8 Å². The van der Waals surface area contributed by atoms with E-state index in [0.29, 0.717) is 23.5 Å². The van der Waals surface area contributed by atoms with Crippen LogP contribution in [0.3, 0.4) is 0 Å². The summed E-state index contributed by atoms with van der Waals surface area (Å²) in [5, 5.41) is 2.48. The summed E-state index contributed by atoms with van der Waals surface area (Å²) in [7, 11) is -3.18. The minimum Gasteiger partial charge on any atom is -0.495 e. The molecule has 5 aromatic heterocycles. The minimum absolute atomic E-state index is 0.0706. The van der Waals surface area contributed by atoms with E-state index in [9.17, 15) is 34.8 Å². The van der Waals surface area contributed by atoms with Gasteiger partial charge in [-0.25, -0.2) is 31.8 Å². The van der Waals surface area contributed by atoms with Crippen molar-refractivity contribution in [2.45, 2.75) is 19.0 Å². The first-order chi connectivity index (χ1) is 22.3. The Labute approximate surface area is 282 Å². The molecule has 0 aromatic carbocycles. The van der Waals surface area contributed by atoms with Crippen LogP contribution in [0.2, 0.25) is 0 Å². The first kappa shape index (κ1) is 36.6. The van der Waals surface area contributed by atoms with Crippen LogP contribution in [-0.4, -0.2) is 84.7 Å². The number of sulfone groups is 2. The molecule has 5 rings (SSSR count). The predicted molar refractivity (Wildman–Crippen MR) is 175 cm³/mol. The quantitative estimate of drug-likeness (QED) is 0.217. The highest BCUT2D eigenvalue weighted by Crippen LogP contribution is 2.29. The molecule has 0 saturated heterocycles. The van der Waals surface area contributed by atoms with Crippen LogP contribution in [-0.2, 0) is 38.7 Å². The summed E-state index contributed by atoms with van der Waals surface area (Å²) in [6.45, 7) is 0. The fraction of sp³-hybridized carbons (Fsp3) is 0.310. The van der Waals surface area contributed by atoms with Crippen molar-refractivity contribution in [3.05, 3.63) is 82.4 Å². The van der Waals surface area contributed by atoms with Gasteiger partial charge in [0.15, 0.2) is 0 Å². The molecule has 258 valence electrons. The number of imidazole rings is 2. The third kappa shape index (κ3) is 9.89. The molecule has 0 unspecified atom stereocenters. The van der Waals surface area contributed by atoms with E-state index in [-0.39, 0.29) is 29.4 Å². The second-order valence-electron chi connectivity index (χ2n) is 10.6. The van der Waals surface area contributed by atoms with Crippen molar-refractivity contribution in [2.75, 3.05) is 43.6 Å². The SMILES string of the molecule is COc1cc2nc(CCS(C)(=O)=O)cn2cc1Br.COc1cc2nc(CCS(C)(=O)=O)cn2cc1NC(=O)c1cccc(C(F)(F)F)n1. The van der Waals surface area contributed by atoms with Crippen molar-refractivity contribution < 1.29 is 44.3 Å². The number of carbonyl (C=O) groups excluding carboxylic acids is 1. The monoisotopic (exact) mass is 774 g/mol. The number of methoxy groups -OCH3 is 2. The van der Waals surface area contributed by atoms with Gasteiger partial charge in [-0.3, -0.25) is 4.79 Å². The molecule has 1 amide bonds. The number of ether oxygens (including phenoxy) is 2. The lowest BCUT2D eigenvalue weighted by atomic mass is 10.2. The van der Waals surface area contributed by atoms with Crippen LogP contribution in [0.5, 0.6) is 11.5 Å². The summed E-state index contributed by atoms with van der Waals surface area (Å²) in [6.07, 6.45) is 5.03. The zero-order chi connectivity index (χ0) is 35.4. The van der Waals surface area contributed by atoms with Crippen molar-refractivity contribution in [1.29, 1.82) is 0 Å². The number of hydrogen-bond donors (Lipinski definition) is 1. The van der Waals surface area contributed by atoms with Crippen LogP contribution in [0.4, 0.5) is 18.9 Å². The van der Waals surface area contributed by atoms with Gasteiger partial charge in [0.1, 0.15) is 59.5 Å². The lowest BCUT2D eigenvalue weighted by molar-refractivity contribution is -0.141. The highest BCUT2D eigenvalue weighted by Gasteiger charge is 2.33. The van der Waals surface area contributed by atoms with Crippen LogP contribution >= 0.6 is 15.9 Å². The van der Waals surface area contributed by atoms with Gasteiger partial charge in [0.2, 0.25) is 0 Å². The third-order valence-corrected chi connectivity index (χ3v) is 9.07. The lowest BCUT2D eigenvalue weighted by Gasteiger charge is -2.11. The number of hydrogen-bond acceptors (Lipinski definition) is 10. The Morgan fingerprint density at radius 1 is 0.833 bits per heavy atom. The Kier molecular flexibility index (Phi) is 11.0. The number of alkyl halides is 3. The molecular formula is C29H30BrF3N6O7S2. The largest absolute Gasteiger partial charge is 0.495 e. The van der Waals surface area contributed by atoms with Gasteiger partial charge in [0.25, 0.3) is 5.91 Å². The highest BCUT2D eigenvalue weighted by molar-refractivity contribution is 9.10. The first-order valence-electron chi connectivity index (χ1n) is 13.8. The lowest BCUT2D eigenvalue weighted by Crippen LogP contribution is -2.17. The van der Waals surface area contributed by atoms with Crippen molar-refractivity contribution in [3.63, 3.8) is 0 Å². The van der Waals surface area contributed by atoms with Gasteiger partial charge < -0.3 is 23.6 Å². The Hall–Kier alpha value is -4.23. The molecule has 5 aromatic rings. The maximum Gasteiger partial charge on any atom is 0.433 e. The number of amides is 1. The zero-order valence-corrected chi connectivity index (χ0v) is 29.2. The summed E-state index contributed by atoms with van der Waals surface area (Å²) in [5.74, 6) is 0.107. The highest BCUT2D eigenvalue weighted by atomic mass is 79.9. The average Bonchev–Trinajstić information content (AvgIpc) is 3.59. The molecule has 0 saturated carbocycles. The third-order valence-electron chi connectivity index (χ3n) is 6.58. The van der Waals surface area contributed by atoms with Crippen molar-refractivity contribution in [1.82, 2.24) is 23.8 Å². The molecule has 1 N–H and O–H groups in total. The van der Waals surface area contributed by atoms with Gasteiger partial charge in [0, 0.05) is 62.3 Å². The molecule has 0 fully saturated rings. The Balaban J connectivity index is 0.000000246. The van der Waals surface area contributed by atoms with Crippen molar-refractivity contribution in [3.8, 4) is 11.5 Å². The fourth-order valence-corrected chi connectivity index (χ4v) is 5.91. The molecule has 48 heavy (non-hydrogen) atoms. The molecule has 0 aliphatic carbocycles. The number of halogens is 4. The van der Waals surface area contributed by atoms with Gasteiger partial charge in [-0.05, 0) is 28.1 Å². The molecule has 5 heterocycles. The normalized spacial score (nSPS) is 12.1. The molecule has 0 radical (unpaired) electrons. The number of nitrogens with zero attached hydrogens (tertiary/aromatic N) is 5. The second-order valence-corrected chi connectivity index (χ2v) is 15.9. The number of aryl methyl sites for hydroxylation is 2. The maximum absolute atomic E-state index is 12.8. The Bertz CT molecular complexity index is 2190. The average molecular weight is 776 g/mol. The first-order valence-corrected chi connectivity index (χ1v) is 18.7. The van der Waals surface area contributed by atoms with E-state index in [0.717, 1.165) is 40.3 Å². The molecule has 19 heteroatoms. The van der Waals surface area contributed by atoms with Crippen LogP contribution < -0.4 is 14.8 Å². The van der Waals surface area contributed by atoms with E-state index >= 15 is 0 Å². The maximum atomic E-state index is 12.8. The molecule has 0 atom stereocenters. The molecule has 0 aliphatic rings. The van der Waals surface area contributed by atoms with Crippen LogP contribution in [0.15, 0.2) is 59.6 Å². The summed E-state index contributed by atoms with van der Waals surface area (Å²) >= 11 is 3.39. The number of rotatable bonds is 10. The predicted octanol–water partition coefficient (Wildman–Crippen LogP) is 4.29. The zero-order valence-electron chi connectivity index (χ0n) is 25.9. The second kappa shape index (κ2) is 14.5. The summed E-state index contributed by atoms with van der Waals surface area (Å²) in [5.41, 5.74) is 1.05. The summed E-state index contributed by atoms with van der Waals surface area (Å²) in [6, 6.07) is 6.34. The van der Waals surface area contributed by atoms with Gasteiger partial charge >= 0.3 is 6.18 Å². The molecule has 0 bridgehead atoms. The molecule has 0 aliphatic heterocycles. The van der Waals surface area contributed by atoms with E-state index < -0.39 is 43.1 Å². The Morgan fingerprint density at radius 2 is 1.35 bits per heavy atom. The topological polar surface area (TPSA) is 163 Å². The van der Waals surface area contributed by atoms with E-state index in [4.69, 9.17) is 9.47 Å². The molecular weight excluding hydrogens is 745 g/mol. The van der Waals surface area contributed by atoms with E-state index in [1.165, 1.54) is 25.6 Å². The van der Waals surface area contributed by atoms with E-state index in [1.807, 2.05) is 16.8 Å².